The van der Waals surface area contributed by atoms with E-state index in [2.05, 4.69) is 0 Å². The van der Waals surface area contributed by atoms with Crippen molar-refractivity contribution in [1.29, 1.82) is 0 Å². The molecule has 5 aliphatic rings. The largest absolute Gasteiger partial charge is 0.504 e. The molecule has 2 bridgehead atoms. The van der Waals surface area contributed by atoms with E-state index in [0.717, 1.165) is 7.11 Å². The van der Waals surface area contributed by atoms with Gasteiger partial charge in [0.2, 0.25) is 11.7 Å². The Balaban J connectivity index is 1.74. The molecular formula is C26H32O11. The smallest absolute Gasteiger partial charge is 0.348 e. The van der Waals surface area contributed by atoms with Gasteiger partial charge in [0.15, 0.2) is 11.5 Å². The van der Waals surface area contributed by atoms with Crippen LogP contribution >= 0.6 is 0 Å². The van der Waals surface area contributed by atoms with Gasteiger partial charge in [-0.3, -0.25) is 4.79 Å². The molecule has 2 heterocycles. The van der Waals surface area contributed by atoms with Gasteiger partial charge in [0.05, 0.1) is 25.7 Å². The van der Waals surface area contributed by atoms with Gasteiger partial charge in [-0.2, -0.15) is 0 Å². The first kappa shape index (κ1) is 25.9. The zero-order valence-corrected chi connectivity index (χ0v) is 21.3. The first-order chi connectivity index (χ1) is 17.3. The van der Waals surface area contributed by atoms with Crippen LogP contribution in [-0.4, -0.2) is 82.7 Å². The number of allylic oxidation sites excluding steroid dienone is 3. The molecule has 2 saturated carbocycles. The molecule has 11 nitrogen and oxygen atoms in total. The van der Waals surface area contributed by atoms with Crippen molar-refractivity contribution >= 4 is 23.7 Å². The van der Waals surface area contributed by atoms with Crippen LogP contribution in [0.3, 0.4) is 0 Å². The highest BCUT2D eigenvalue weighted by atomic mass is 16.6. The molecule has 10 atom stereocenters. The summed E-state index contributed by atoms with van der Waals surface area (Å²) in [5.41, 5.74) is -3.50. The average molecular weight is 521 g/mol. The SMILES string of the molecule is COC(=O)[C@@]12OC[C@@]34C(C[C@H]5C(C)=C(O)C(=O)C[C@]5(C)[C@H]3[C@@H](O)[C@@H]1O)OC(=O)[C@H](OC(=O)C=C(C)C)C42. The molecule has 3 N–H and O–H groups in total. The molecule has 202 valence electrons. The third kappa shape index (κ3) is 3.04. The summed E-state index contributed by atoms with van der Waals surface area (Å²) in [5.74, 6) is -6.30. The lowest BCUT2D eigenvalue weighted by atomic mass is 9.38. The summed E-state index contributed by atoms with van der Waals surface area (Å²) in [5, 5.41) is 33.6. The van der Waals surface area contributed by atoms with Crippen molar-refractivity contribution in [3.05, 3.63) is 23.0 Å². The van der Waals surface area contributed by atoms with E-state index < -0.39 is 82.3 Å². The summed E-state index contributed by atoms with van der Waals surface area (Å²) < 4.78 is 22.5. The number of carbonyl (C=O) groups is 4. The highest BCUT2D eigenvalue weighted by Gasteiger charge is 2.85. The standard InChI is InChI=1S/C26H32O11/c1-10(2)6-15(28)37-18-20-25-9-35-26(20,23(33)34-5)21(31)17(30)19(25)24(4)8-13(27)16(29)11(3)12(24)7-14(25)36-22(18)32/h6,12,14,17-21,29-31H,7-9H2,1-5H3/t12-,14?,17+,18+,19+,20?,21-,24-,25+,26-/m0/s1. The highest BCUT2D eigenvalue weighted by Crippen LogP contribution is 2.72. The van der Waals surface area contributed by atoms with Crippen molar-refractivity contribution < 1.29 is 53.4 Å². The summed E-state index contributed by atoms with van der Waals surface area (Å²) in [6.45, 7) is 6.53. The number of hydrogen-bond donors (Lipinski definition) is 3. The quantitative estimate of drug-likeness (QED) is 0.270. The van der Waals surface area contributed by atoms with Crippen LogP contribution in [0.25, 0.3) is 0 Å². The number of ether oxygens (including phenoxy) is 4. The van der Waals surface area contributed by atoms with Gasteiger partial charge in [-0.25, -0.2) is 14.4 Å². The molecule has 0 radical (unpaired) electrons. The van der Waals surface area contributed by atoms with Gasteiger partial charge in [-0.15, -0.1) is 0 Å². The lowest BCUT2D eigenvalue weighted by Crippen LogP contribution is -2.79. The lowest BCUT2D eigenvalue weighted by Gasteiger charge is -2.67. The first-order valence-electron chi connectivity index (χ1n) is 12.3. The Bertz CT molecular complexity index is 1150. The van der Waals surface area contributed by atoms with E-state index in [4.69, 9.17) is 18.9 Å². The number of methoxy groups -OCH3 is 1. The fourth-order valence-corrected chi connectivity index (χ4v) is 8.25. The molecule has 0 aromatic heterocycles. The third-order valence-electron chi connectivity index (χ3n) is 9.49. The van der Waals surface area contributed by atoms with Gasteiger partial charge >= 0.3 is 17.9 Å². The average Bonchev–Trinajstić information content (AvgIpc) is 3.12. The topological polar surface area (TPSA) is 166 Å². The van der Waals surface area contributed by atoms with Crippen LogP contribution in [0.4, 0.5) is 0 Å². The van der Waals surface area contributed by atoms with E-state index in [1.54, 1.807) is 27.7 Å². The van der Waals surface area contributed by atoms with Crippen molar-refractivity contribution in [3.8, 4) is 0 Å². The summed E-state index contributed by atoms with van der Waals surface area (Å²) in [6, 6.07) is 0. The molecule has 2 saturated heterocycles. The maximum absolute atomic E-state index is 13.4. The summed E-state index contributed by atoms with van der Waals surface area (Å²) in [4.78, 5) is 52.2. The fraction of sp³-hybridized carbons (Fsp3) is 0.692. The van der Waals surface area contributed by atoms with Crippen molar-refractivity contribution in [2.75, 3.05) is 13.7 Å². The molecule has 5 rings (SSSR count). The predicted molar refractivity (Wildman–Crippen MR) is 122 cm³/mol. The predicted octanol–water partition coefficient (Wildman–Crippen LogP) is 0.517. The Kier molecular flexibility index (Phi) is 5.68. The van der Waals surface area contributed by atoms with Crippen LogP contribution in [0.1, 0.15) is 40.5 Å². The number of esters is 3. The Morgan fingerprint density at radius 1 is 1.16 bits per heavy atom. The Morgan fingerprint density at radius 3 is 2.46 bits per heavy atom. The number of Topliss-reactive ketones (excluding diaryl/α,β-unsaturated/α-hetero) is 1. The number of ketones is 1. The molecule has 4 fully saturated rings. The Labute approximate surface area is 213 Å². The highest BCUT2D eigenvalue weighted by molar-refractivity contribution is 5.95. The van der Waals surface area contributed by atoms with Crippen LogP contribution in [-0.2, 0) is 38.1 Å². The number of hydrogen-bond acceptors (Lipinski definition) is 11. The zero-order chi connectivity index (χ0) is 27.2. The van der Waals surface area contributed by atoms with E-state index in [9.17, 15) is 34.5 Å². The number of rotatable bonds is 3. The minimum Gasteiger partial charge on any atom is -0.504 e. The molecule has 0 aromatic rings. The Morgan fingerprint density at radius 2 is 1.84 bits per heavy atom. The number of aliphatic hydroxyl groups is 3. The normalized spacial score (nSPS) is 45.9. The zero-order valence-electron chi connectivity index (χ0n) is 21.3. The van der Waals surface area contributed by atoms with Gasteiger partial charge in [-0.05, 0) is 44.1 Å². The van der Waals surface area contributed by atoms with Crippen molar-refractivity contribution in [3.63, 3.8) is 0 Å². The molecule has 1 spiro atoms. The monoisotopic (exact) mass is 520 g/mol. The second-order valence-electron chi connectivity index (χ2n) is 11.5. The van der Waals surface area contributed by atoms with Crippen LogP contribution in [0, 0.1) is 28.6 Å². The summed E-state index contributed by atoms with van der Waals surface area (Å²) in [6.07, 6.45) is -4.79. The van der Waals surface area contributed by atoms with Gasteiger partial charge < -0.3 is 34.3 Å². The fourth-order valence-electron chi connectivity index (χ4n) is 8.25. The second-order valence-corrected chi connectivity index (χ2v) is 11.5. The second kappa shape index (κ2) is 8.12. The third-order valence-corrected chi connectivity index (χ3v) is 9.49. The molecule has 3 aliphatic carbocycles. The minimum atomic E-state index is -2.22. The summed E-state index contributed by atoms with van der Waals surface area (Å²) in [7, 11) is 1.09. The van der Waals surface area contributed by atoms with Crippen molar-refractivity contribution in [2.45, 2.75) is 70.6 Å². The minimum absolute atomic E-state index is 0.141. The van der Waals surface area contributed by atoms with Crippen LogP contribution < -0.4 is 0 Å². The van der Waals surface area contributed by atoms with Gasteiger partial charge in [0.1, 0.15) is 12.2 Å². The molecule has 11 heteroatoms. The van der Waals surface area contributed by atoms with E-state index in [0.29, 0.717) is 11.1 Å². The van der Waals surface area contributed by atoms with E-state index in [1.165, 1.54) is 6.08 Å². The van der Waals surface area contributed by atoms with Crippen LogP contribution in [0.15, 0.2) is 23.0 Å². The van der Waals surface area contributed by atoms with Gasteiger partial charge in [-0.1, -0.05) is 12.5 Å². The molecular weight excluding hydrogens is 488 g/mol. The van der Waals surface area contributed by atoms with Crippen LogP contribution in [0.5, 0.6) is 0 Å². The van der Waals surface area contributed by atoms with E-state index in [1.807, 2.05) is 0 Å². The molecule has 37 heavy (non-hydrogen) atoms. The summed E-state index contributed by atoms with van der Waals surface area (Å²) >= 11 is 0. The number of carbonyl (C=O) groups excluding carboxylic acids is 4. The number of fused-ring (bicyclic) bond motifs is 2. The van der Waals surface area contributed by atoms with E-state index >= 15 is 0 Å². The molecule has 2 unspecified atom stereocenters. The maximum atomic E-state index is 13.4. The first-order valence-corrected chi connectivity index (χ1v) is 12.3. The van der Waals surface area contributed by atoms with Gasteiger partial charge in [0.25, 0.3) is 0 Å². The number of aliphatic hydroxyl groups excluding tert-OH is 3. The van der Waals surface area contributed by atoms with Crippen molar-refractivity contribution in [2.24, 2.45) is 28.6 Å². The van der Waals surface area contributed by atoms with Crippen LogP contribution in [0.2, 0.25) is 0 Å². The lowest BCUT2D eigenvalue weighted by molar-refractivity contribution is -0.290. The van der Waals surface area contributed by atoms with E-state index in [-0.39, 0.29) is 25.2 Å². The van der Waals surface area contributed by atoms with Gasteiger partial charge in [0, 0.05) is 23.8 Å². The Hall–Kier alpha value is -2.76. The van der Waals surface area contributed by atoms with Crippen molar-refractivity contribution in [1.82, 2.24) is 0 Å². The molecule has 2 aliphatic heterocycles. The molecule has 0 aromatic carbocycles. The maximum Gasteiger partial charge on any atom is 0.348 e. The molecule has 0 amide bonds.